The molecule has 1 amide bonds. The van der Waals surface area contributed by atoms with Crippen molar-refractivity contribution in [2.45, 2.75) is 6.10 Å². The number of amidine groups is 1. The summed E-state index contributed by atoms with van der Waals surface area (Å²) in [5.41, 5.74) is 6.06. The van der Waals surface area contributed by atoms with Gasteiger partial charge >= 0.3 is 0 Å². The van der Waals surface area contributed by atoms with Crippen molar-refractivity contribution in [3.63, 3.8) is 0 Å². The minimum Gasteiger partial charge on any atom is -0.409 e. The van der Waals surface area contributed by atoms with E-state index in [0.29, 0.717) is 18.7 Å². The molecule has 8 nitrogen and oxygen atoms in total. The number of nitrogens with zero attached hydrogens (tertiary/aromatic N) is 2. The summed E-state index contributed by atoms with van der Waals surface area (Å²) in [7, 11) is 3.10. The highest BCUT2D eigenvalue weighted by Crippen LogP contribution is 2.00. The summed E-state index contributed by atoms with van der Waals surface area (Å²) >= 11 is 0. The maximum atomic E-state index is 11.8. The number of nitrogens with one attached hydrogen (secondary N) is 1. The van der Waals surface area contributed by atoms with Crippen LogP contribution < -0.4 is 11.1 Å². The van der Waals surface area contributed by atoms with Crippen LogP contribution in [-0.4, -0.2) is 55.4 Å². The van der Waals surface area contributed by atoms with Gasteiger partial charge in [0.2, 0.25) is 0 Å². The Bertz CT molecular complexity index is 461. The van der Waals surface area contributed by atoms with E-state index in [2.05, 4.69) is 15.5 Å². The van der Waals surface area contributed by atoms with Gasteiger partial charge in [0.25, 0.3) is 5.91 Å². The fourth-order valence-corrected chi connectivity index (χ4v) is 1.43. The second kappa shape index (κ2) is 8.08. The summed E-state index contributed by atoms with van der Waals surface area (Å²) in [6, 6.07) is 3.03. The van der Waals surface area contributed by atoms with E-state index in [9.17, 15) is 4.79 Å². The Labute approximate surface area is 116 Å². The number of methoxy groups -OCH3 is 2. The number of carbonyl (C=O) groups is 1. The van der Waals surface area contributed by atoms with Gasteiger partial charge in [-0.1, -0.05) is 5.16 Å². The lowest BCUT2D eigenvalue weighted by molar-refractivity contribution is 0.0285. The van der Waals surface area contributed by atoms with Gasteiger partial charge in [0.1, 0.15) is 5.69 Å². The van der Waals surface area contributed by atoms with Gasteiger partial charge in [-0.3, -0.25) is 9.78 Å². The third kappa shape index (κ3) is 4.48. The molecule has 1 heterocycles. The molecule has 0 saturated heterocycles. The predicted molar refractivity (Wildman–Crippen MR) is 71.8 cm³/mol. The second-order valence-corrected chi connectivity index (χ2v) is 3.94. The van der Waals surface area contributed by atoms with E-state index in [1.807, 2.05) is 0 Å². The molecule has 0 bridgehead atoms. The quantitative estimate of drug-likeness (QED) is 0.270. The van der Waals surface area contributed by atoms with Crippen molar-refractivity contribution in [3.05, 3.63) is 29.6 Å². The first-order valence-corrected chi connectivity index (χ1v) is 5.86. The molecule has 0 aliphatic carbocycles. The largest absolute Gasteiger partial charge is 0.409 e. The summed E-state index contributed by atoms with van der Waals surface area (Å²) in [5.74, 6) is -0.404. The molecular formula is C12H18N4O4. The number of pyridine rings is 1. The number of aromatic nitrogens is 1. The molecule has 20 heavy (non-hydrogen) atoms. The molecule has 0 aliphatic rings. The molecule has 0 aliphatic heterocycles. The third-order valence-electron chi connectivity index (χ3n) is 2.58. The first kappa shape index (κ1) is 15.9. The zero-order chi connectivity index (χ0) is 15.0. The molecule has 8 heteroatoms. The van der Waals surface area contributed by atoms with Crippen LogP contribution in [0.5, 0.6) is 0 Å². The summed E-state index contributed by atoms with van der Waals surface area (Å²) in [5, 5.41) is 14.0. The van der Waals surface area contributed by atoms with Crippen molar-refractivity contribution in [2.24, 2.45) is 10.9 Å². The van der Waals surface area contributed by atoms with Crippen molar-refractivity contribution in [3.8, 4) is 0 Å². The number of carbonyl (C=O) groups excluding carboxylic acids is 1. The maximum absolute atomic E-state index is 11.8. The fraction of sp³-hybridized carbons (Fsp3) is 0.417. The Balaban J connectivity index is 2.59. The lowest BCUT2D eigenvalue weighted by Crippen LogP contribution is -2.36. The average molecular weight is 282 g/mol. The molecule has 0 aromatic carbocycles. The van der Waals surface area contributed by atoms with Crippen molar-refractivity contribution in [2.75, 3.05) is 27.4 Å². The topological polar surface area (TPSA) is 119 Å². The lowest BCUT2D eigenvalue weighted by Gasteiger charge is -2.14. The normalized spacial score (nSPS) is 13.0. The number of rotatable bonds is 7. The van der Waals surface area contributed by atoms with Gasteiger partial charge in [0.15, 0.2) is 5.84 Å². The Hall–Kier alpha value is -2.19. The van der Waals surface area contributed by atoms with Crippen LogP contribution in [0.1, 0.15) is 16.1 Å². The third-order valence-corrected chi connectivity index (χ3v) is 2.58. The number of hydrogen-bond donors (Lipinski definition) is 3. The van der Waals surface area contributed by atoms with Gasteiger partial charge in [0, 0.05) is 32.5 Å². The number of hydrogen-bond acceptors (Lipinski definition) is 6. The molecule has 0 fully saturated rings. The summed E-state index contributed by atoms with van der Waals surface area (Å²) in [6.07, 6.45) is 1.13. The van der Waals surface area contributed by atoms with E-state index in [1.165, 1.54) is 12.3 Å². The van der Waals surface area contributed by atoms with Crippen molar-refractivity contribution in [1.82, 2.24) is 10.3 Å². The zero-order valence-corrected chi connectivity index (χ0v) is 11.4. The second-order valence-electron chi connectivity index (χ2n) is 3.94. The molecule has 0 radical (unpaired) electrons. The van der Waals surface area contributed by atoms with Gasteiger partial charge < -0.3 is 25.7 Å². The number of amides is 1. The monoisotopic (exact) mass is 282 g/mol. The van der Waals surface area contributed by atoms with Gasteiger partial charge in [-0.2, -0.15) is 0 Å². The van der Waals surface area contributed by atoms with Gasteiger partial charge in [-0.05, 0) is 12.1 Å². The predicted octanol–water partition coefficient (Wildman–Crippen LogP) is -0.433. The van der Waals surface area contributed by atoms with Crippen LogP contribution in [0.15, 0.2) is 23.5 Å². The van der Waals surface area contributed by atoms with Gasteiger partial charge in [-0.15, -0.1) is 0 Å². The molecular weight excluding hydrogens is 264 g/mol. The Kier molecular flexibility index (Phi) is 6.41. The van der Waals surface area contributed by atoms with Crippen LogP contribution in [0.4, 0.5) is 0 Å². The molecule has 1 aromatic rings. The summed E-state index contributed by atoms with van der Waals surface area (Å²) in [6.45, 7) is 0.694. The lowest BCUT2D eigenvalue weighted by atomic mass is 10.2. The molecule has 4 N–H and O–H groups in total. The van der Waals surface area contributed by atoms with Crippen LogP contribution in [0.2, 0.25) is 0 Å². The van der Waals surface area contributed by atoms with Crippen LogP contribution in [0.3, 0.4) is 0 Å². The summed E-state index contributed by atoms with van der Waals surface area (Å²) < 4.78 is 10.1. The molecule has 110 valence electrons. The molecule has 0 spiro atoms. The highest BCUT2D eigenvalue weighted by molar-refractivity contribution is 5.98. The van der Waals surface area contributed by atoms with Crippen LogP contribution in [-0.2, 0) is 9.47 Å². The first-order valence-electron chi connectivity index (χ1n) is 5.86. The van der Waals surface area contributed by atoms with E-state index in [1.54, 1.807) is 20.3 Å². The summed E-state index contributed by atoms with van der Waals surface area (Å²) in [4.78, 5) is 15.8. The van der Waals surface area contributed by atoms with E-state index in [4.69, 9.17) is 20.4 Å². The van der Waals surface area contributed by atoms with Gasteiger partial charge in [0.05, 0.1) is 12.7 Å². The minimum absolute atomic E-state index is 0.0657. The number of ether oxygens (including phenoxy) is 2. The molecule has 1 atom stereocenters. The molecule has 1 rings (SSSR count). The minimum atomic E-state index is -0.339. The standard InChI is InChI=1S/C12H18N4O4/c1-19-7-9(20-2)6-15-12(17)10-4-3-8(5-14-10)11(13)16-18/h3-5,9,18H,6-7H2,1-2H3,(H2,13,16)(H,15,17). The first-order chi connectivity index (χ1) is 9.62. The van der Waals surface area contributed by atoms with Crippen LogP contribution in [0.25, 0.3) is 0 Å². The smallest absolute Gasteiger partial charge is 0.269 e. The zero-order valence-electron chi connectivity index (χ0n) is 11.4. The maximum Gasteiger partial charge on any atom is 0.269 e. The van der Waals surface area contributed by atoms with Crippen molar-refractivity contribution < 1.29 is 19.5 Å². The highest BCUT2D eigenvalue weighted by Gasteiger charge is 2.12. The van der Waals surface area contributed by atoms with Crippen LogP contribution in [0, 0.1) is 0 Å². The van der Waals surface area contributed by atoms with E-state index in [0.717, 1.165) is 0 Å². The highest BCUT2D eigenvalue weighted by atomic mass is 16.5. The van der Waals surface area contributed by atoms with Crippen molar-refractivity contribution >= 4 is 11.7 Å². The van der Waals surface area contributed by atoms with Crippen LogP contribution >= 0.6 is 0 Å². The number of nitrogens with two attached hydrogens (primary N) is 1. The fourth-order valence-electron chi connectivity index (χ4n) is 1.43. The van der Waals surface area contributed by atoms with E-state index in [-0.39, 0.29) is 23.5 Å². The Morgan fingerprint density at radius 2 is 2.30 bits per heavy atom. The molecule has 1 unspecified atom stereocenters. The SMILES string of the molecule is COCC(CNC(=O)c1ccc(/C(N)=N/O)cn1)OC. The number of oxime groups is 1. The molecule has 0 saturated carbocycles. The average Bonchev–Trinajstić information content (AvgIpc) is 2.50. The Morgan fingerprint density at radius 3 is 2.80 bits per heavy atom. The van der Waals surface area contributed by atoms with Gasteiger partial charge in [-0.25, -0.2) is 0 Å². The van der Waals surface area contributed by atoms with E-state index < -0.39 is 0 Å². The molecule has 1 aromatic heterocycles. The van der Waals surface area contributed by atoms with E-state index >= 15 is 0 Å². The van der Waals surface area contributed by atoms with Crippen molar-refractivity contribution in [1.29, 1.82) is 0 Å². The Morgan fingerprint density at radius 1 is 1.55 bits per heavy atom.